The van der Waals surface area contributed by atoms with Crippen molar-refractivity contribution in [3.05, 3.63) is 278 Å². The Morgan fingerprint density at radius 3 is 2.00 bits per heavy atom. The minimum absolute atomic E-state index is 0.400. The van der Waals surface area contributed by atoms with Gasteiger partial charge in [-0.25, -0.2) is 0 Å². The molecule has 0 bridgehead atoms. The number of benzene rings is 6. The molecule has 62 heavy (non-hydrogen) atoms. The minimum atomic E-state index is -0.400. The van der Waals surface area contributed by atoms with Crippen LogP contribution in [-0.2, 0) is 18.3 Å². The first-order chi connectivity index (χ1) is 30.4. The fourth-order valence-corrected chi connectivity index (χ4v) is 7.60. The Hall–Kier alpha value is -7.29. The zero-order valence-corrected chi connectivity index (χ0v) is 36.8. The van der Waals surface area contributed by atoms with Gasteiger partial charge in [-0.05, 0) is 112 Å². The van der Waals surface area contributed by atoms with Crippen molar-refractivity contribution in [1.29, 1.82) is 0 Å². The third-order valence-electron chi connectivity index (χ3n) is 10.3. The van der Waals surface area contributed by atoms with Gasteiger partial charge < -0.3 is 5.73 Å². The maximum atomic E-state index is 5.36. The second-order valence-corrected chi connectivity index (χ2v) is 14.5. The highest BCUT2D eigenvalue weighted by Gasteiger charge is 2.40. The summed E-state index contributed by atoms with van der Waals surface area (Å²) in [7, 11) is 1.75. The number of rotatable bonds is 5. The van der Waals surface area contributed by atoms with Gasteiger partial charge in [0.1, 0.15) is 0 Å². The molecule has 0 radical (unpaired) electrons. The molecule has 2 nitrogen and oxygen atoms in total. The molecule has 0 heterocycles. The highest BCUT2D eigenvalue weighted by atomic mass is 14.6. The van der Waals surface area contributed by atoms with Gasteiger partial charge in [0.25, 0.3) is 0 Å². The van der Waals surface area contributed by atoms with Crippen LogP contribution in [0.25, 0.3) is 28.0 Å². The molecule has 1 spiro atoms. The minimum Gasteiger partial charge on any atom is -0.399 e. The van der Waals surface area contributed by atoms with E-state index in [1.54, 1.807) is 19.3 Å². The summed E-state index contributed by atoms with van der Waals surface area (Å²) < 4.78 is 0. The molecule has 312 valence electrons. The highest BCUT2D eigenvalue weighted by Crippen LogP contribution is 2.49. The van der Waals surface area contributed by atoms with Crippen LogP contribution in [0, 0.1) is 0 Å². The smallest absolute Gasteiger partial charge is 0.0494 e. The van der Waals surface area contributed by atoms with Crippen LogP contribution in [0.2, 0.25) is 0 Å². The topological polar surface area (TPSA) is 38.4 Å². The average Bonchev–Trinajstić information content (AvgIpc) is 3.36. The molecule has 0 aromatic heterocycles. The maximum absolute atomic E-state index is 5.36. The van der Waals surface area contributed by atoms with Crippen molar-refractivity contribution in [2.45, 2.75) is 38.5 Å². The lowest BCUT2D eigenvalue weighted by atomic mass is 9.63. The predicted molar refractivity (Wildman–Crippen MR) is 276 cm³/mol. The first-order valence-corrected chi connectivity index (χ1v) is 21.2. The Labute approximate surface area is 372 Å². The highest BCUT2D eigenvalue weighted by molar-refractivity contribution is 5.90. The molecule has 2 N–H and O–H groups in total. The van der Waals surface area contributed by atoms with Gasteiger partial charge in [0.15, 0.2) is 0 Å². The van der Waals surface area contributed by atoms with Crippen LogP contribution in [0.15, 0.2) is 255 Å². The summed E-state index contributed by atoms with van der Waals surface area (Å²) in [6.07, 6.45) is 29.8. The summed E-state index contributed by atoms with van der Waals surface area (Å²) in [5.74, 6) is 0. The molecule has 0 fully saturated rings. The van der Waals surface area contributed by atoms with Gasteiger partial charge in [-0.3, -0.25) is 4.99 Å². The number of nitrogen functional groups attached to an aromatic ring is 1. The average molecular weight is 811 g/mol. The van der Waals surface area contributed by atoms with Crippen molar-refractivity contribution in [2.75, 3.05) is 12.8 Å². The number of hydrogen-bond acceptors (Lipinski definition) is 2. The number of fused-ring (bicyclic) bond motifs is 6. The maximum Gasteiger partial charge on any atom is 0.0494 e. The number of allylic oxidation sites excluding steroid dienone is 13. The summed E-state index contributed by atoms with van der Waals surface area (Å²) in [6, 6.07) is 51.4. The van der Waals surface area contributed by atoms with Gasteiger partial charge in [0.2, 0.25) is 0 Å². The Balaban J connectivity index is 0.000000352. The van der Waals surface area contributed by atoms with E-state index >= 15 is 0 Å². The van der Waals surface area contributed by atoms with E-state index < -0.39 is 5.41 Å². The fourth-order valence-electron chi connectivity index (χ4n) is 7.60. The van der Waals surface area contributed by atoms with Gasteiger partial charge in [0.05, 0.1) is 0 Å². The summed E-state index contributed by atoms with van der Waals surface area (Å²) in [5.41, 5.74) is 17.3. The van der Waals surface area contributed by atoms with Crippen molar-refractivity contribution in [2.24, 2.45) is 4.99 Å². The molecule has 0 saturated carbocycles. The lowest BCUT2D eigenvalue weighted by molar-refractivity contribution is 0.625. The molecule has 8 rings (SSSR count). The summed E-state index contributed by atoms with van der Waals surface area (Å²) in [5, 5.41) is 2.58. The molecular weight excluding hydrogens is 749 g/mol. The molecular formula is C60H62N2. The molecule has 1 unspecified atom stereocenters. The quantitative estimate of drug-likeness (QED) is 0.0801. The van der Waals surface area contributed by atoms with Gasteiger partial charge in [-0.2, -0.15) is 0 Å². The fraction of sp³-hybridized carbons (Fsp3) is 0.117. The Bertz CT molecular complexity index is 2510. The molecule has 6 aromatic carbocycles. The second-order valence-electron chi connectivity index (χ2n) is 14.5. The van der Waals surface area contributed by atoms with Crippen LogP contribution in [0.3, 0.4) is 0 Å². The van der Waals surface area contributed by atoms with Crippen molar-refractivity contribution < 1.29 is 0 Å². The van der Waals surface area contributed by atoms with E-state index in [1.165, 1.54) is 55.3 Å². The molecule has 2 heteroatoms. The lowest BCUT2D eigenvalue weighted by Gasteiger charge is -2.39. The van der Waals surface area contributed by atoms with Gasteiger partial charge in [-0.1, -0.05) is 207 Å². The van der Waals surface area contributed by atoms with Gasteiger partial charge >= 0.3 is 0 Å². The van der Waals surface area contributed by atoms with Crippen LogP contribution >= 0.6 is 0 Å². The van der Waals surface area contributed by atoms with Gasteiger partial charge in [0, 0.05) is 24.4 Å². The van der Waals surface area contributed by atoms with E-state index in [0.29, 0.717) is 0 Å². The SMILES string of the molecule is C/C=C\C=C/C=NC.C=C.C=C1/C=C(Cc2ccc(-c3ccccc3)cc2)\C=C/Cc2ccc3ccccc3c2C12C/C=C\C=C/c1ccccc12.C=CC.Nc1ccccc1. The summed E-state index contributed by atoms with van der Waals surface area (Å²) in [4.78, 5) is 3.76. The third-order valence-corrected chi connectivity index (χ3v) is 10.3. The lowest BCUT2D eigenvalue weighted by Crippen LogP contribution is -2.32. The van der Waals surface area contributed by atoms with Crippen LogP contribution in [0.5, 0.6) is 0 Å². The van der Waals surface area contributed by atoms with Crippen LogP contribution in [-0.4, -0.2) is 13.3 Å². The van der Waals surface area contributed by atoms with E-state index in [4.69, 9.17) is 12.3 Å². The van der Waals surface area contributed by atoms with E-state index in [1.807, 2.05) is 68.5 Å². The normalized spacial score (nSPS) is 17.4. The molecule has 2 aliphatic rings. The van der Waals surface area contributed by atoms with E-state index in [2.05, 4.69) is 183 Å². The second kappa shape index (κ2) is 26.0. The number of nitrogens with zero attached hydrogens (tertiary/aromatic N) is 1. The first kappa shape index (κ1) is 47.4. The van der Waals surface area contributed by atoms with Crippen LogP contribution < -0.4 is 5.73 Å². The summed E-state index contributed by atoms with van der Waals surface area (Å²) in [6.45, 7) is 18.1. The predicted octanol–water partition coefficient (Wildman–Crippen LogP) is 15.7. The molecule has 2 aliphatic carbocycles. The number of nitrogens with two attached hydrogens (primary N) is 1. The molecule has 0 amide bonds. The van der Waals surface area contributed by atoms with Crippen LogP contribution in [0.1, 0.15) is 48.1 Å². The number of hydrogen-bond donors (Lipinski definition) is 1. The number of aliphatic imine (C=N–C) groups is 1. The Kier molecular flexibility index (Phi) is 19.9. The molecule has 6 aromatic rings. The Morgan fingerprint density at radius 2 is 1.32 bits per heavy atom. The zero-order valence-electron chi connectivity index (χ0n) is 36.8. The summed E-state index contributed by atoms with van der Waals surface area (Å²) >= 11 is 0. The van der Waals surface area contributed by atoms with Gasteiger partial charge in [-0.15, -0.1) is 19.7 Å². The standard InChI is InChI=1S/C42H34.C7H11N.C6H7N.C3H6.C2H4/c1-31-29-33(30-32-22-24-35(25-23-32)34-14-4-2-5-15-34)13-12-19-38-27-26-36-16-7-9-20-39(36)41(38)42(31)28-11-3-6-17-37-18-8-10-21-40(37)42;1-3-4-5-6-7-8-2;7-6-4-2-1-3-5-6;1-3-2;1-2/h2-18,20-27,29H,1,19,28,30H2;3-7H,1-2H3;1-5H,7H2;3H,1H2,2H3;1-2H2/b11-3-,13-12-,17-6-,33-29+;4-3-,6-5-,8-7?;;;. The molecule has 0 saturated heterocycles. The van der Waals surface area contributed by atoms with Crippen molar-refractivity contribution in [1.82, 2.24) is 0 Å². The number of para-hydroxylation sites is 1. The van der Waals surface area contributed by atoms with Crippen molar-refractivity contribution in [3.8, 4) is 11.1 Å². The van der Waals surface area contributed by atoms with E-state index in [0.717, 1.165) is 30.5 Å². The van der Waals surface area contributed by atoms with E-state index in [-0.39, 0.29) is 0 Å². The zero-order chi connectivity index (χ0) is 44.4. The monoisotopic (exact) mass is 810 g/mol. The largest absolute Gasteiger partial charge is 0.399 e. The third kappa shape index (κ3) is 13.1. The Morgan fingerprint density at radius 1 is 0.677 bits per heavy atom. The van der Waals surface area contributed by atoms with Crippen molar-refractivity contribution >= 4 is 28.8 Å². The van der Waals surface area contributed by atoms with E-state index in [9.17, 15) is 0 Å². The molecule has 0 aliphatic heterocycles. The number of anilines is 1. The van der Waals surface area contributed by atoms with Crippen LogP contribution in [0.4, 0.5) is 5.69 Å². The first-order valence-electron chi connectivity index (χ1n) is 21.2. The molecule has 1 atom stereocenters. The van der Waals surface area contributed by atoms with Crippen molar-refractivity contribution in [3.63, 3.8) is 0 Å².